The van der Waals surface area contributed by atoms with Crippen molar-refractivity contribution in [3.05, 3.63) is 54.1 Å². The molecule has 1 N–H and O–H groups in total. The van der Waals surface area contributed by atoms with E-state index in [0.717, 1.165) is 37.1 Å². The molecule has 0 saturated heterocycles. The van der Waals surface area contributed by atoms with Crippen molar-refractivity contribution in [3.8, 4) is 5.75 Å². The van der Waals surface area contributed by atoms with E-state index < -0.39 is 39.3 Å². The van der Waals surface area contributed by atoms with Crippen molar-refractivity contribution in [2.24, 2.45) is 0 Å². The topological polar surface area (TPSA) is 72.5 Å². The highest BCUT2D eigenvalue weighted by Crippen LogP contribution is 2.31. The number of carbonyl (C=O) groups excluding carboxylic acids is 1. The molecule has 0 atom stereocenters. The van der Waals surface area contributed by atoms with Gasteiger partial charge in [-0.25, -0.2) is 8.42 Å². The van der Waals surface area contributed by atoms with Crippen LogP contribution in [0.4, 0.5) is 18.9 Å². The van der Waals surface area contributed by atoms with Crippen LogP contribution < -0.4 is 10.1 Å². The van der Waals surface area contributed by atoms with E-state index in [1.54, 1.807) is 12.1 Å². The summed E-state index contributed by atoms with van der Waals surface area (Å²) in [5, 5.41) is 2.15. The highest BCUT2D eigenvalue weighted by atomic mass is 32.2. The Morgan fingerprint density at radius 1 is 1.07 bits per heavy atom. The van der Waals surface area contributed by atoms with Gasteiger partial charge in [0.2, 0.25) is 0 Å². The van der Waals surface area contributed by atoms with E-state index in [1.807, 2.05) is 0 Å². The predicted molar refractivity (Wildman–Crippen MR) is 101 cm³/mol. The molecule has 0 aliphatic heterocycles. The maximum atomic E-state index is 12.7. The van der Waals surface area contributed by atoms with Crippen molar-refractivity contribution < 1.29 is 31.1 Å². The average Bonchev–Trinajstić information content (AvgIpc) is 3.22. The third kappa shape index (κ3) is 5.29. The van der Waals surface area contributed by atoms with Gasteiger partial charge < -0.3 is 10.1 Å². The molecule has 1 fully saturated rings. The standard InChI is InChI=1S/C20H20F3NO4S/c21-20(22,23)14-8-10-16(11-9-14)28-13-19(25)24-15-4-3-7-18(12-15)29(26,27)17-5-1-2-6-17/h3-4,7-12,17H,1-2,5-6,13H2,(H,24,25). The van der Waals surface area contributed by atoms with Gasteiger partial charge in [-0.15, -0.1) is 0 Å². The van der Waals surface area contributed by atoms with Crippen LogP contribution in [0.1, 0.15) is 31.2 Å². The van der Waals surface area contributed by atoms with Crippen LogP contribution in [-0.2, 0) is 20.8 Å². The number of alkyl halides is 3. The van der Waals surface area contributed by atoms with Crippen LogP contribution in [0.15, 0.2) is 53.4 Å². The molecule has 0 bridgehead atoms. The fourth-order valence-electron chi connectivity index (χ4n) is 3.23. The van der Waals surface area contributed by atoms with Crippen LogP contribution in [0.3, 0.4) is 0 Å². The first-order valence-corrected chi connectivity index (χ1v) is 10.6. The van der Waals surface area contributed by atoms with Gasteiger partial charge in [-0.3, -0.25) is 4.79 Å². The number of hydrogen-bond acceptors (Lipinski definition) is 4. The van der Waals surface area contributed by atoms with E-state index in [9.17, 15) is 26.4 Å². The number of benzene rings is 2. The average molecular weight is 427 g/mol. The molecule has 0 unspecified atom stereocenters. The molecular weight excluding hydrogens is 407 g/mol. The van der Waals surface area contributed by atoms with Crippen molar-refractivity contribution >= 4 is 21.4 Å². The Bertz CT molecular complexity index is 966. The van der Waals surface area contributed by atoms with E-state index in [4.69, 9.17) is 4.74 Å². The van der Waals surface area contributed by atoms with Crippen molar-refractivity contribution in [1.82, 2.24) is 0 Å². The quantitative estimate of drug-likeness (QED) is 0.740. The Morgan fingerprint density at radius 3 is 2.34 bits per heavy atom. The molecule has 0 heterocycles. The molecule has 29 heavy (non-hydrogen) atoms. The van der Waals surface area contributed by atoms with Crippen LogP contribution in [0.5, 0.6) is 5.75 Å². The summed E-state index contributed by atoms with van der Waals surface area (Å²) in [6, 6.07) is 10.0. The molecule has 5 nitrogen and oxygen atoms in total. The zero-order valence-electron chi connectivity index (χ0n) is 15.4. The number of anilines is 1. The monoisotopic (exact) mass is 427 g/mol. The van der Waals surface area contributed by atoms with Crippen LogP contribution in [-0.4, -0.2) is 26.2 Å². The molecule has 1 amide bonds. The molecule has 156 valence electrons. The second-order valence-corrected chi connectivity index (χ2v) is 9.07. The summed E-state index contributed by atoms with van der Waals surface area (Å²) in [5.41, 5.74) is -0.500. The summed E-state index contributed by atoms with van der Waals surface area (Å²) < 4.78 is 68.1. The third-order valence-corrected chi connectivity index (χ3v) is 7.00. The van der Waals surface area contributed by atoms with Crippen molar-refractivity contribution in [1.29, 1.82) is 0 Å². The van der Waals surface area contributed by atoms with Crippen molar-refractivity contribution in [3.63, 3.8) is 0 Å². The lowest BCUT2D eigenvalue weighted by Gasteiger charge is -2.13. The van der Waals surface area contributed by atoms with Gasteiger partial charge in [0, 0.05) is 5.69 Å². The minimum Gasteiger partial charge on any atom is -0.484 e. The Morgan fingerprint density at radius 2 is 1.72 bits per heavy atom. The number of sulfone groups is 1. The van der Waals surface area contributed by atoms with E-state index in [1.165, 1.54) is 12.1 Å². The Balaban J connectivity index is 1.60. The van der Waals surface area contributed by atoms with Gasteiger partial charge in [-0.1, -0.05) is 18.9 Å². The summed E-state index contributed by atoms with van der Waals surface area (Å²) in [6.45, 7) is -0.426. The summed E-state index contributed by atoms with van der Waals surface area (Å²) in [5.74, 6) is -0.439. The van der Waals surface area contributed by atoms with Gasteiger partial charge in [-0.05, 0) is 55.3 Å². The molecule has 9 heteroatoms. The van der Waals surface area contributed by atoms with Gasteiger partial charge in [0.25, 0.3) is 5.91 Å². The lowest BCUT2D eigenvalue weighted by molar-refractivity contribution is -0.137. The van der Waals surface area contributed by atoms with Gasteiger partial charge in [0.1, 0.15) is 5.75 Å². The van der Waals surface area contributed by atoms with Gasteiger partial charge in [0.05, 0.1) is 15.7 Å². The molecule has 2 aromatic rings. The fraction of sp³-hybridized carbons (Fsp3) is 0.350. The highest BCUT2D eigenvalue weighted by Gasteiger charge is 2.31. The highest BCUT2D eigenvalue weighted by molar-refractivity contribution is 7.92. The number of amides is 1. The fourth-order valence-corrected chi connectivity index (χ4v) is 5.13. The molecule has 0 aromatic heterocycles. The molecule has 1 aliphatic carbocycles. The van der Waals surface area contributed by atoms with E-state index in [2.05, 4.69) is 5.32 Å². The second kappa shape index (κ2) is 8.44. The van der Waals surface area contributed by atoms with Crippen molar-refractivity contribution in [2.45, 2.75) is 42.0 Å². The molecule has 0 radical (unpaired) electrons. The SMILES string of the molecule is O=C(COc1ccc(C(F)(F)F)cc1)Nc1cccc(S(=O)(=O)C2CCCC2)c1. The number of ether oxygens (including phenoxy) is 1. The minimum atomic E-state index is -4.44. The molecule has 0 spiro atoms. The first kappa shape index (κ1) is 21.2. The lowest BCUT2D eigenvalue weighted by Crippen LogP contribution is -2.21. The van der Waals surface area contributed by atoms with Gasteiger partial charge in [-0.2, -0.15) is 13.2 Å². The van der Waals surface area contributed by atoms with Crippen molar-refractivity contribution in [2.75, 3.05) is 11.9 Å². The summed E-state index contributed by atoms with van der Waals surface area (Å²) in [4.78, 5) is 12.2. The van der Waals surface area contributed by atoms with Gasteiger partial charge >= 0.3 is 6.18 Å². The molecule has 1 saturated carbocycles. The largest absolute Gasteiger partial charge is 0.484 e. The first-order chi connectivity index (χ1) is 13.7. The van der Waals surface area contributed by atoms with Gasteiger partial charge in [0.15, 0.2) is 16.4 Å². The summed E-state index contributed by atoms with van der Waals surface area (Å²) >= 11 is 0. The van der Waals surface area contributed by atoms with Crippen LogP contribution in [0.2, 0.25) is 0 Å². The Labute approximate surface area is 166 Å². The number of carbonyl (C=O) groups is 1. The van der Waals surface area contributed by atoms with Crippen LogP contribution in [0.25, 0.3) is 0 Å². The number of hydrogen-bond donors (Lipinski definition) is 1. The summed E-state index contributed by atoms with van der Waals surface area (Å²) in [7, 11) is -3.44. The molecule has 1 aliphatic rings. The predicted octanol–water partition coefficient (Wildman–Crippen LogP) is 4.44. The number of rotatable bonds is 6. The maximum Gasteiger partial charge on any atom is 0.416 e. The van der Waals surface area contributed by atoms with E-state index in [0.29, 0.717) is 18.5 Å². The van der Waals surface area contributed by atoms with E-state index >= 15 is 0 Å². The zero-order chi connectivity index (χ0) is 21.1. The minimum absolute atomic E-state index is 0.116. The smallest absolute Gasteiger partial charge is 0.416 e. The Hall–Kier alpha value is -2.55. The van der Waals surface area contributed by atoms with Crippen LogP contribution in [0, 0.1) is 0 Å². The second-order valence-electron chi connectivity index (χ2n) is 6.84. The maximum absolute atomic E-state index is 12.7. The normalized spacial score (nSPS) is 15.3. The molecule has 3 rings (SSSR count). The third-order valence-electron chi connectivity index (χ3n) is 4.74. The first-order valence-electron chi connectivity index (χ1n) is 9.10. The lowest BCUT2D eigenvalue weighted by atomic mass is 10.2. The zero-order valence-corrected chi connectivity index (χ0v) is 16.2. The number of nitrogens with one attached hydrogen (secondary N) is 1. The van der Waals surface area contributed by atoms with Crippen LogP contribution >= 0.6 is 0 Å². The molecule has 2 aromatic carbocycles. The summed E-state index contributed by atoms with van der Waals surface area (Å²) in [6.07, 6.45) is -1.39. The molecular formula is C20H20F3NO4S. The number of halogens is 3. The Kier molecular flexibility index (Phi) is 6.16. The van der Waals surface area contributed by atoms with E-state index in [-0.39, 0.29) is 10.6 Å².